The number of hydrogen-bond donors (Lipinski definition) is 2. The Morgan fingerprint density at radius 2 is 1.94 bits per heavy atom. The van der Waals surface area contributed by atoms with Gasteiger partial charge in [0.25, 0.3) is 5.91 Å². The second kappa shape index (κ2) is 5.56. The Labute approximate surface area is 93.3 Å². The first kappa shape index (κ1) is 11.8. The maximum Gasteiger partial charge on any atom is 0.305 e. The SMILES string of the molecule is C#Cc1ccc(C(=O)NCCC(=O)O)cc1. The summed E-state index contributed by atoms with van der Waals surface area (Å²) in [4.78, 5) is 21.7. The lowest BCUT2D eigenvalue weighted by atomic mass is 10.1. The molecule has 0 aliphatic heterocycles. The molecule has 1 aromatic rings. The first-order valence-electron chi connectivity index (χ1n) is 4.70. The molecule has 0 saturated carbocycles. The van der Waals surface area contributed by atoms with Crippen LogP contribution in [0.1, 0.15) is 22.3 Å². The average molecular weight is 217 g/mol. The van der Waals surface area contributed by atoms with Crippen LogP contribution < -0.4 is 5.32 Å². The molecule has 0 aliphatic carbocycles. The highest BCUT2D eigenvalue weighted by molar-refractivity contribution is 5.94. The number of nitrogens with one attached hydrogen (secondary N) is 1. The fraction of sp³-hybridized carbons (Fsp3) is 0.167. The highest BCUT2D eigenvalue weighted by Crippen LogP contribution is 2.02. The van der Waals surface area contributed by atoms with Gasteiger partial charge >= 0.3 is 5.97 Å². The molecule has 0 fully saturated rings. The van der Waals surface area contributed by atoms with Crippen molar-refractivity contribution >= 4 is 11.9 Å². The molecular weight excluding hydrogens is 206 g/mol. The number of carbonyl (C=O) groups excluding carboxylic acids is 1. The summed E-state index contributed by atoms with van der Waals surface area (Å²) < 4.78 is 0. The summed E-state index contributed by atoms with van der Waals surface area (Å²) in [7, 11) is 0. The third-order valence-corrected chi connectivity index (χ3v) is 1.94. The Morgan fingerprint density at radius 1 is 1.31 bits per heavy atom. The van der Waals surface area contributed by atoms with Crippen molar-refractivity contribution in [1.29, 1.82) is 0 Å². The number of rotatable bonds is 4. The van der Waals surface area contributed by atoms with Crippen molar-refractivity contribution in [2.45, 2.75) is 6.42 Å². The van der Waals surface area contributed by atoms with Gasteiger partial charge in [0.05, 0.1) is 6.42 Å². The van der Waals surface area contributed by atoms with E-state index < -0.39 is 5.97 Å². The van der Waals surface area contributed by atoms with Crippen LogP contribution in [0.15, 0.2) is 24.3 Å². The number of benzene rings is 1. The first-order valence-corrected chi connectivity index (χ1v) is 4.70. The predicted octanol–water partition coefficient (Wildman–Crippen LogP) is 0.872. The summed E-state index contributed by atoms with van der Waals surface area (Å²) in [6, 6.07) is 6.52. The van der Waals surface area contributed by atoms with Gasteiger partial charge in [-0.15, -0.1) is 6.42 Å². The summed E-state index contributed by atoms with van der Waals surface area (Å²) in [5.74, 6) is 1.20. The summed E-state index contributed by atoms with van der Waals surface area (Å²) in [6.07, 6.45) is 5.08. The topological polar surface area (TPSA) is 66.4 Å². The van der Waals surface area contributed by atoms with Gasteiger partial charge in [0.15, 0.2) is 0 Å². The van der Waals surface area contributed by atoms with E-state index in [1.54, 1.807) is 24.3 Å². The van der Waals surface area contributed by atoms with E-state index in [0.29, 0.717) is 11.1 Å². The molecule has 1 amide bonds. The highest BCUT2D eigenvalue weighted by Gasteiger charge is 2.05. The molecule has 82 valence electrons. The molecule has 4 heteroatoms. The number of amides is 1. The number of hydrogen-bond acceptors (Lipinski definition) is 2. The van der Waals surface area contributed by atoms with Crippen LogP contribution >= 0.6 is 0 Å². The van der Waals surface area contributed by atoms with Crippen molar-refractivity contribution in [3.63, 3.8) is 0 Å². The number of terminal acetylenes is 1. The largest absolute Gasteiger partial charge is 0.481 e. The lowest BCUT2D eigenvalue weighted by molar-refractivity contribution is -0.136. The van der Waals surface area contributed by atoms with Gasteiger partial charge in [-0.05, 0) is 24.3 Å². The maximum atomic E-state index is 11.5. The molecule has 1 aromatic carbocycles. The monoisotopic (exact) mass is 217 g/mol. The molecule has 2 N–H and O–H groups in total. The van der Waals surface area contributed by atoms with Crippen molar-refractivity contribution in [3.8, 4) is 12.3 Å². The van der Waals surface area contributed by atoms with E-state index in [1.807, 2.05) is 0 Å². The zero-order chi connectivity index (χ0) is 12.0. The Morgan fingerprint density at radius 3 is 2.44 bits per heavy atom. The average Bonchev–Trinajstić information content (AvgIpc) is 2.28. The summed E-state index contributed by atoms with van der Waals surface area (Å²) >= 11 is 0. The highest BCUT2D eigenvalue weighted by atomic mass is 16.4. The molecule has 0 radical (unpaired) electrons. The summed E-state index contributed by atoms with van der Waals surface area (Å²) in [6.45, 7) is 0.116. The lowest BCUT2D eigenvalue weighted by Gasteiger charge is -2.03. The molecule has 0 atom stereocenters. The van der Waals surface area contributed by atoms with Gasteiger partial charge in [-0.25, -0.2) is 0 Å². The Kier molecular flexibility index (Phi) is 4.10. The van der Waals surface area contributed by atoms with Gasteiger partial charge in [0.1, 0.15) is 0 Å². The zero-order valence-electron chi connectivity index (χ0n) is 8.56. The van der Waals surface area contributed by atoms with Crippen LogP contribution in [0.5, 0.6) is 0 Å². The van der Waals surface area contributed by atoms with Crippen molar-refractivity contribution in [2.24, 2.45) is 0 Å². The fourth-order valence-corrected chi connectivity index (χ4v) is 1.10. The van der Waals surface area contributed by atoms with E-state index in [-0.39, 0.29) is 18.9 Å². The Balaban J connectivity index is 2.53. The van der Waals surface area contributed by atoms with Gasteiger partial charge in [0, 0.05) is 17.7 Å². The van der Waals surface area contributed by atoms with Gasteiger partial charge in [0.2, 0.25) is 0 Å². The maximum absolute atomic E-state index is 11.5. The van der Waals surface area contributed by atoms with Gasteiger partial charge in [-0.3, -0.25) is 9.59 Å². The first-order chi connectivity index (χ1) is 7.63. The number of carboxylic acid groups (broad SMARTS) is 1. The van der Waals surface area contributed by atoms with E-state index in [1.165, 1.54) is 0 Å². The van der Waals surface area contributed by atoms with Crippen LogP contribution in [0.3, 0.4) is 0 Å². The summed E-state index contributed by atoms with van der Waals surface area (Å²) in [5.41, 5.74) is 1.16. The molecule has 0 aliphatic rings. The minimum Gasteiger partial charge on any atom is -0.481 e. The van der Waals surface area contributed by atoms with E-state index >= 15 is 0 Å². The molecule has 16 heavy (non-hydrogen) atoms. The van der Waals surface area contributed by atoms with Crippen LogP contribution in [0.4, 0.5) is 0 Å². The number of aliphatic carboxylic acids is 1. The molecule has 0 spiro atoms. The van der Waals surface area contributed by atoms with Gasteiger partial charge < -0.3 is 10.4 Å². The summed E-state index contributed by atoms with van der Waals surface area (Å²) in [5, 5.41) is 10.9. The Hall–Kier alpha value is -2.28. The smallest absolute Gasteiger partial charge is 0.305 e. The van der Waals surface area contributed by atoms with Gasteiger partial charge in [-0.1, -0.05) is 5.92 Å². The van der Waals surface area contributed by atoms with E-state index in [4.69, 9.17) is 11.5 Å². The van der Waals surface area contributed by atoms with E-state index in [0.717, 1.165) is 0 Å². The minimum atomic E-state index is -0.942. The second-order valence-electron chi connectivity index (χ2n) is 3.12. The molecule has 1 rings (SSSR count). The van der Waals surface area contributed by atoms with Crippen LogP contribution in [0, 0.1) is 12.3 Å². The van der Waals surface area contributed by atoms with E-state index in [2.05, 4.69) is 11.2 Å². The molecule has 0 aromatic heterocycles. The molecule has 0 saturated heterocycles. The number of carbonyl (C=O) groups is 2. The van der Waals surface area contributed by atoms with Crippen LogP contribution in [0.25, 0.3) is 0 Å². The molecular formula is C12H11NO3. The standard InChI is InChI=1S/C12H11NO3/c1-2-9-3-5-10(6-4-9)12(16)13-8-7-11(14)15/h1,3-6H,7-8H2,(H,13,16)(H,14,15). The fourth-order valence-electron chi connectivity index (χ4n) is 1.10. The third-order valence-electron chi connectivity index (χ3n) is 1.94. The Bertz CT molecular complexity index is 429. The molecule has 0 heterocycles. The van der Waals surface area contributed by atoms with Crippen molar-refractivity contribution in [3.05, 3.63) is 35.4 Å². The minimum absolute atomic E-state index is 0.0891. The number of carboxylic acids is 1. The van der Waals surface area contributed by atoms with Gasteiger partial charge in [-0.2, -0.15) is 0 Å². The van der Waals surface area contributed by atoms with Crippen LogP contribution in [-0.2, 0) is 4.79 Å². The quantitative estimate of drug-likeness (QED) is 0.735. The van der Waals surface area contributed by atoms with Crippen LogP contribution in [-0.4, -0.2) is 23.5 Å². The zero-order valence-corrected chi connectivity index (χ0v) is 8.56. The van der Waals surface area contributed by atoms with Crippen molar-refractivity contribution in [2.75, 3.05) is 6.54 Å². The molecule has 0 bridgehead atoms. The predicted molar refractivity (Wildman–Crippen MR) is 59.0 cm³/mol. The normalized spacial score (nSPS) is 9.19. The van der Waals surface area contributed by atoms with Crippen LogP contribution in [0.2, 0.25) is 0 Å². The molecule has 4 nitrogen and oxygen atoms in total. The van der Waals surface area contributed by atoms with Crippen molar-refractivity contribution < 1.29 is 14.7 Å². The third kappa shape index (κ3) is 3.46. The lowest BCUT2D eigenvalue weighted by Crippen LogP contribution is -2.25. The molecule has 0 unspecified atom stereocenters. The van der Waals surface area contributed by atoms with E-state index in [9.17, 15) is 9.59 Å². The second-order valence-corrected chi connectivity index (χ2v) is 3.12. The van der Waals surface area contributed by atoms with Crippen molar-refractivity contribution in [1.82, 2.24) is 5.32 Å².